The molecule has 2 aromatic carbocycles. The summed E-state index contributed by atoms with van der Waals surface area (Å²) in [4.78, 5) is 21.6. The zero-order valence-electron chi connectivity index (χ0n) is 20.5. The van der Waals surface area contributed by atoms with Crippen LogP contribution in [0.25, 0.3) is 17.2 Å². The van der Waals surface area contributed by atoms with E-state index in [0.29, 0.717) is 25.6 Å². The highest BCUT2D eigenvalue weighted by molar-refractivity contribution is 5.91. The largest absolute Gasteiger partial charge is 0.440 e. The maximum absolute atomic E-state index is 12.6. The van der Waals surface area contributed by atoms with E-state index >= 15 is 0 Å². The number of amides is 1. The fourth-order valence-electron chi connectivity index (χ4n) is 5.39. The predicted molar refractivity (Wildman–Crippen MR) is 138 cm³/mol. The van der Waals surface area contributed by atoms with Crippen LogP contribution in [-0.2, 0) is 4.79 Å². The molecule has 0 spiro atoms. The summed E-state index contributed by atoms with van der Waals surface area (Å²) in [5.74, 6) is 1.49. The van der Waals surface area contributed by atoms with Crippen LogP contribution in [0.2, 0.25) is 0 Å². The molecule has 2 aliphatic rings. The van der Waals surface area contributed by atoms with Crippen molar-refractivity contribution in [3.8, 4) is 0 Å². The third-order valence-electron chi connectivity index (χ3n) is 7.55. The quantitative estimate of drug-likeness (QED) is 0.529. The van der Waals surface area contributed by atoms with Crippen molar-refractivity contribution in [1.29, 1.82) is 0 Å². The number of aliphatic hydroxyl groups is 1. The van der Waals surface area contributed by atoms with Gasteiger partial charge in [-0.15, -0.1) is 0 Å². The van der Waals surface area contributed by atoms with E-state index in [1.54, 1.807) is 6.08 Å². The van der Waals surface area contributed by atoms with Gasteiger partial charge in [-0.25, -0.2) is 4.98 Å². The lowest BCUT2D eigenvalue weighted by atomic mass is 9.90. The van der Waals surface area contributed by atoms with Crippen LogP contribution < -0.4 is 0 Å². The zero-order valence-corrected chi connectivity index (χ0v) is 20.5. The van der Waals surface area contributed by atoms with Crippen molar-refractivity contribution in [2.24, 2.45) is 5.92 Å². The Morgan fingerprint density at radius 1 is 1.09 bits per heavy atom. The number of hydrogen-bond donors (Lipinski definition) is 1. The maximum Gasteiger partial charge on any atom is 0.246 e. The summed E-state index contributed by atoms with van der Waals surface area (Å²) >= 11 is 0. The van der Waals surface area contributed by atoms with Gasteiger partial charge in [0.05, 0.1) is 6.10 Å². The summed E-state index contributed by atoms with van der Waals surface area (Å²) in [5, 5.41) is 10.9. The Morgan fingerprint density at radius 3 is 2.60 bits per heavy atom. The SMILES string of the molecule is Cc1cccc(C=CC(=O)N2CCC(C(O)CN3CCC(c4nc5ccccc5o4)CC3)CC2)c1. The van der Waals surface area contributed by atoms with Crippen LogP contribution in [-0.4, -0.2) is 64.6 Å². The molecule has 1 unspecified atom stereocenters. The normalized spacial score (nSPS) is 19.5. The Kier molecular flexibility index (Phi) is 7.30. The number of nitrogens with zero attached hydrogens (tertiary/aromatic N) is 3. The third kappa shape index (κ3) is 5.82. The van der Waals surface area contributed by atoms with E-state index in [1.165, 1.54) is 5.56 Å². The number of benzene rings is 2. The Labute approximate surface area is 207 Å². The molecule has 1 N–H and O–H groups in total. The van der Waals surface area contributed by atoms with Crippen molar-refractivity contribution in [2.45, 2.75) is 44.6 Å². The van der Waals surface area contributed by atoms with Crippen LogP contribution in [0.5, 0.6) is 0 Å². The minimum atomic E-state index is -0.351. The van der Waals surface area contributed by atoms with Gasteiger partial charge in [-0.2, -0.15) is 0 Å². The van der Waals surface area contributed by atoms with Crippen molar-refractivity contribution in [2.75, 3.05) is 32.7 Å². The van der Waals surface area contributed by atoms with E-state index in [4.69, 9.17) is 4.42 Å². The molecule has 0 bridgehead atoms. The molecule has 2 aliphatic heterocycles. The third-order valence-corrected chi connectivity index (χ3v) is 7.55. The number of β-amino-alcohol motifs (C(OH)–C–C–N with tert-alkyl or cyclic N) is 1. The Balaban J connectivity index is 1.06. The number of carbonyl (C=O) groups is 1. The van der Waals surface area contributed by atoms with Gasteiger partial charge in [0, 0.05) is 31.6 Å². The summed E-state index contributed by atoms with van der Waals surface area (Å²) in [6, 6.07) is 16.1. The Morgan fingerprint density at radius 2 is 1.86 bits per heavy atom. The molecule has 1 atom stereocenters. The molecule has 2 fully saturated rings. The number of aliphatic hydroxyl groups excluding tert-OH is 1. The van der Waals surface area contributed by atoms with Crippen LogP contribution in [0.15, 0.2) is 59.0 Å². The smallest absolute Gasteiger partial charge is 0.246 e. The first-order valence-electron chi connectivity index (χ1n) is 12.8. The topological polar surface area (TPSA) is 69.8 Å². The molecule has 0 radical (unpaired) electrons. The molecule has 3 heterocycles. The van der Waals surface area contributed by atoms with Crippen LogP contribution in [0, 0.1) is 12.8 Å². The molecular weight excluding hydrogens is 438 g/mol. The lowest BCUT2D eigenvalue weighted by Gasteiger charge is -2.37. The van der Waals surface area contributed by atoms with Crippen molar-refractivity contribution in [3.63, 3.8) is 0 Å². The average molecular weight is 474 g/mol. The molecule has 1 amide bonds. The van der Waals surface area contributed by atoms with E-state index in [1.807, 2.05) is 47.4 Å². The average Bonchev–Trinajstić information content (AvgIpc) is 3.32. The molecule has 0 aliphatic carbocycles. The van der Waals surface area contributed by atoms with E-state index in [0.717, 1.165) is 61.3 Å². The number of carbonyl (C=O) groups excluding carboxylic acids is 1. The van der Waals surface area contributed by atoms with Crippen molar-refractivity contribution in [3.05, 3.63) is 71.6 Å². The van der Waals surface area contributed by atoms with E-state index in [2.05, 4.69) is 28.9 Å². The number of hydrogen-bond acceptors (Lipinski definition) is 5. The predicted octanol–water partition coefficient (Wildman–Crippen LogP) is 4.63. The first-order valence-corrected chi connectivity index (χ1v) is 12.8. The second kappa shape index (κ2) is 10.8. The van der Waals surface area contributed by atoms with E-state index in [-0.39, 0.29) is 17.9 Å². The molecule has 2 saturated heterocycles. The lowest BCUT2D eigenvalue weighted by molar-refractivity contribution is -0.128. The fourth-order valence-corrected chi connectivity index (χ4v) is 5.39. The van der Waals surface area contributed by atoms with Crippen LogP contribution in [0.3, 0.4) is 0 Å². The number of piperidine rings is 2. The highest BCUT2D eigenvalue weighted by atomic mass is 16.3. The summed E-state index contributed by atoms with van der Waals surface area (Å²) in [7, 11) is 0. The number of likely N-dealkylation sites (tertiary alicyclic amines) is 2. The van der Waals surface area contributed by atoms with Crippen LogP contribution >= 0.6 is 0 Å². The molecule has 35 heavy (non-hydrogen) atoms. The van der Waals surface area contributed by atoms with Gasteiger partial charge < -0.3 is 19.3 Å². The number of oxazole rings is 1. The standard InChI is InChI=1S/C29H35N3O3/c1-21-5-4-6-22(19-21)9-10-28(34)32-17-13-23(14-18-32)26(33)20-31-15-11-24(12-16-31)29-30-25-7-2-3-8-27(25)35-29/h2-10,19,23-24,26,33H,11-18,20H2,1H3. The van der Waals surface area contributed by atoms with Gasteiger partial charge in [0.2, 0.25) is 5.91 Å². The molecule has 6 heteroatoms. The maximum atomic E-state index is 12.6. The molecular formula is C29H35N3O3. The van der Waals surface area contributed by atoms with E-state index < -0.39 is 0 Å². The molecule has 3 aromatic rings. The van der Waals surface area contributed by atoms with Gasteiger partial charge in [-0.3, -0.25) is 4.79 Å². The molecule has 6 nitrogen and oxygen atoms in total. The summed E-state index contributed by atoms with van der Waals surface area (Å²) in [5.41, 5.74) is 4.01. The van der Waals surface area contributed by atoms with Crippen molar-refractivity contribution < 1.29 is 14.3 Å². The molecule has 184 valence electrons. The number of para-hydroxylation sites is 2. The highest BCUT2D eigenvalue weighted by Crippen LogP contribution is 2.30. The minimum absolute atomic E-state index is 0.0562. The Bertz CT molecular complexity index is 1140. The van der Waals surface area contributed by atoms with Crippen LogP contribution in [0.4, 0.5) is 0 Å². The van der Waals surface area contributed by atoms with Crippen molar-refractivity contribution in [1.82, 2.24) is 14.8 Å². The zero-order chi connectivity index (χ0) is 24.2. The summed E-state index contributed by atoms with van der Waals surface area (Å²) < 4.78 is 5.98. The molecule has 1 aromatic heterocycles. The van der Waals surface area contributed by atoms with Gasteiger partial charge in [0.1, 0.15) is 5.52 Å². The van der Waals surface area contributed by atoms with Gasteiger partial charge in [-0.1, -0.05) is 42.0 Å². The van der Waals surface area contributed by atoms with Gasteiger partial charge in [-0.05, 0) is 75.4 Å². The van der Waals surface area contributed by atoms with E-state index in [9.17, 15) is 9.90 Å². The number of aryl methyl sites for hydroxylation is 1. The Hall–Kier alpha value is -2.96. The number of fused-ring (bicyclic) bond motifs is 1. The number of rotatable bonds is 6. The van der Waals surface area contributed by atoms with Gasteiger partial charge in [0.25, 0.3) is 0 Å². The number of aromatic nitrogens is 1. The minimum Gasteiger partial charge on any atom is -0.440 e. The molecule has 5 rings (SSSR count). The highest BCUT2D eigenvalue weighted by Gasteiger charge is 2.30. The second-order valence-electron chi connectivity index (χ2n) is 10.1. The monoisotopic (exact) mass is 473 g/mol. The second-order valence-corrected chi connectivity index (χ2v) is 10.1. The first-order chi connectivity index (χ1) is 17.0. The van der Waals surface area contributed by atoms with Crippen LogP contribution in [0.1, 0.15) is 48.6 Å². The lowest BCUT2D eigenvalue weighted by Crippen LogP contribution is -2.45. The van der Waals surface area contributed by atoms with Crippen molar-refractivity contribution >= 4 is 23.1 Å². The van der Waals surface area contributed by atoms with Gasteiger partial charge in [0.15, 0.2) is 11.5 Å². The summed E-state index contributed by atoms with van der Waals surface area (Å²) in [6.07, 6.45) is 6.91. The summed E-state index contributed by atoms with van der Waals surface area (Å²) in [6.45, 7) is 6.06. The first kappa shape index (κ1) is 23.8. The molecule has 0 saturated carbocycles. The fraction of sp³-hybridized carbons (Fsp3) is 0.448. The van der Waals surface area contributed by atoms with Gasteiger partial charge >= 0.3 is 0 Å².